The maximum Gasteiger partial charge on any atom is 0.306 e. The predicted octanol–water partition coefficient (Wildman–Crippen LogP) is 1.46. The third kappa shape index (κ3) is 4.57. The first-order valence-electron chi connectivity index (χ1n) is 6.03. The number of carboxylic acid groups (broad SMARTS) is 1. The lowest BCUT2D eigenvalue weighted by atomic mass is 10.0. The van der Waals surface area contributed by atoms with Crippen molar-refractivity contribution >= 4 is 11.8 Å². The number of H-pyrrole nitrogens is 1. The number of hydrogen-bond donors (Lipinski definition) is 3. The Balaban J connectivity index is 2.34. The van der Waals surface area contributed by atoms with Crippen LogP contribution in [0.5, 0.6) is 0 Å². The van der Waals surface area contributed by atoms with E-state index in [9.17, 15) is 9.59 Å². The van der Waals surface area contributed by atoms with E-state index in [1.807, 2.05) is 6.92 Å². The van der Waals surface area contributed by atoms with Gasteiger partial charge in [-0.1, -0.05) is 13.3 Å². The molecule has 100 valence electrons. The topological polar surface area (TPSA) is 95.1 Å². The highest BCUT2D eigenvalue weighted by molar-refractivity contribution is 5.69. The molecule has 0 aromatic carbocycles. The number of aliphatic carboxylic acids is 1. The number of aromatic nitrogens is 2. The molecule has 0 saturated heterocycles. The number of carbonyl (C=O) groups is 1. The summed E-state index contributed by atoms with van der Waals surface area (Å²) in [5.41, 5.74) is -0.247. The number of anilines is 1. The van der Waals surface area contributed by atoms with Crippen LogP contribution in [0.25, 0.3) is 0 Å². The van der Waals surface area contributed by atoms with E-state index in [4.69, 9.17) is 5.11 Å². The van der Waals surface area contributed by atoms with E-state index < -0.39 is 5.97 Å². The van der Waals surface area contributed by atoms with Crippen LogP contribution in [0.15, 0.2) is 17.2 Å². The largest absolute Gasteiger partial charge is 0.481 e. The average molecular weight is 253 g/mol. The molecule has 0 aliphatic heterocycles. The number of aromatic amines is 1. The van der Waals surface area contributed by atoms with E-state index in [1.165, 1.54) is 12.4 Å². The van der Waals surface area contributed by atoms with Crippen LogP contribution < -0.4 is 10.9 Å². The Kier molecular flexibility index (Phi) is 5.35. The number of rotatable bonds is 7. The van der Waals surface area contributed by atoms with Gasteiger partial charge in [0, 0.05) is 18.4 Å². The van der Waals surface area contributed by atoms with E-state index in [0.717, 1.165) is 12.8 Å². The molecule has 0 saturated carbocycles. The van der Waals surface area contributed by atoms with E-state index in [2.05, 4.69) is 15.3 Å². The van der Waals surface area contributed by atoms with Crippen molar-refractivity contribution in [1.29, 1.82) is 0 Å². The van der Waals surface area contributed by atoms with Crippen LogP contribution >= 0.6 is 0 Å². The van der Waals surface area contributed by atoms with Crippen molar-refractivity contribution in [1.82, 2.24) is 9.97 Å². The van der Waals surface area contributed by atoms with E-state index in [1.54, 1.807) is 6.92 Å². The highest BCUT2D eigenvalue weighted by atomic mass is 16.4. The lowest BCUT2D eigenvalue weighted by Gasteiger charge is -2.14. The molecule has 0 bridgehead atoms. The second-order valence-corrected chi connectivity index (χ2v) is 4.48. The van der Waals surface area contributed by atoms with Gasteiger partial charge >= 0.3 is 5.97 Å². The standard InChI is InChI=1S/C12H19N3O3/c1-8(12(17)18)4-3-5-9(2)15-10-11(16)14-7-6-13-10/h6-9H,3-5H2,1-2H3,(H,13,15)(H,14,16)(H,17,18). The predicted molar refractivity (Wildman–Crippen MR) is 68.6 cm³/mol. The molecule has 1 rings (SSSR count). The molecule has 2 atom stereocenters. The molecule has 1 heterocycles. The molecular weight excluding hydrogens is 234 g/mol. The van der Waals surface area contributed by atoms with E-state index in [-0.39, 0.29) is 17.5 Å². The molecule has 0 fully saturated rings. The van der Waals surface area contributed by atoms with Gasteiger partial charge in [0.2, 0.25) is 0 Å². The minimum Gasteiger partial charge on any atom is -0.481 e. The summed E-state index contributed by atoms with van der Waals surface area (Å²) in [4.78, 5) is 28.5. The molecule has 2 unspecified atom stereocenters. The van der Waals surface area contributed by atoms with Gasteiger partial charge in [0.25, 0.3) is 5.56 Å². The molecule has 0 aliphatic rings. The van der Waals surface area contributed by atoms with Crippen molar-refractivity contribution in [2.75, 3.05) is 5.32 Å². The first-order chi connectivity index (χ1) is 8.50. The van der Waals surface area contributed by atoms with Gasteiger partial charge in [-0.2, -0.15) is 0 Å². The fourth-order valence-corrected chi connectivity index (χ4v) is 1.61. The van der Waals surface area contributed by atoms with Crippen LogP contribution in [0.2, 0.25) is 0 Å². The van der Waals surface area contributed by atoms with Gasteiger partial charge in [-0.3, -0.25) is 9.59 Å². The summed E-state index contributed by atoms with van der Waals surface area (Å²) < 4.78 is 0. The third-order valence-corrected chi connectivity index (χ3v) is 2.79. The van der Waals surface area contributed by atoms with E-state index >= 15 is 0 Å². The SMILES string of the molecule is CC(CCCC(C)C(=O)O)Nc1ncc[nH]c1=O. The highest BCUT2D eigenvalue weighted by Gasteiger charge is 2.11. The minimum atomic E-state index is -0.767. The van der Waals surface area contributed by atoms with Gasteiger partial charge in [-0.25, -0.2) is 4.98 Å². The molecule has 0 radical (unpaired) electrons. The quantitative estimate of drug-likeness (QED) is 0.683. The Bertz CT molecular complexity index is 444. The third-order valence-electron chi connectivity index (χ3n) is 2.79. The van der Waals surface area contributed by atoms with Gasteiger partial charge in [-0.05, 0) is 19.8 Å². The fourth-order valence-electron chi connectivity index (χ4n) is 1.61. The zero-order valence-corrected chi connectivity index (χ0v) is 10.6. The van der Waals surface area contributed by atoms with Crippen molar-refractivity contribution in [2.24, 2.45) is 5.92 Å². The summed E-state index contributed by atoms with van der Waals surface area (Å²) in [6, 6.07) is 0.0852. The van der Waals surface area contributed by atoms with Gasteiger partial charge in [0.05, 0.1) is 5.92 Å². The van der Waals surface area contributed by atoms with Crippen molar-refractivity contribution in [3.63, 3.8) is 0 Å². The molecule has 1 aromatic heterocycles. The van der Waals surface area contributed by atoms with Crippen molar-refractivity contribution < 1.29 is 9.90 Å². The van der Waals surface area contributed by atoms with Gasteiger partial charge in [0.1, 0.15) is 0 Å². The lowest BCUT2D eigenvalue weighted by molar-refractivity contribution is -0.141. The maximum absolute atomic E-state index is 11.4. The molecule has 18 heavy (non-hydrogen) atoms. The Labute approximate surface area is 105 Å². The molecular formula is C12H19N3O3. The van der Waals surface area contributed by atoms with Gasteiger partial charge < -0.3 is 15.4 Å². The molecule has 0 amide bonds. The summed E-state index contributed by atoms with van der Waals surface area (Å²) in [5, 5.41) is 11.8. The second-order valence-electron chi connectivity index (χ2n) is 4.48. The molecule has 0 spiro atoms. The van der Waals surface area contributed by atoms with Crippen LogP contribution in [0.3, 0.4) is 0 Å². The molecule has 6 heteroatoms. The van der Waals surface area contributed by atoms with Crippen LogP contribution in [0.4, 0.5) is 5.82 Å². The number of nitrogens with one attached hydrogen (secondary N) is 2. The Hall–Kier alpha value is -1.85. The summed E-state index contributed by atoms with van der Waals surface area (Å²) in [6.45, 7) is 3.64. The molecule has 6 nitrogen and oxygen atoms in total. The fraction of sp³-hybridized carbons (Fsp3) is 0.583. The number of hydrogen-bond acceptors (Lipinski definition) is 4. The monoisotopic (exact) mass is 253 g/mol. The summed E-state index contributed by atoms with van der Waals surface area (Å²) in [5.74, 6) is -0.788. The molecule has 0 aliphatic carbocycles. The minimum absolute atomic E-state index is 0.0852. The van der Waals surface area contributed by atoms with E-state index in [0.29, 0.717) is 12.2 Å². The zero-order chi connectivity index (χ0) is 13.5. The van der Waals surface area contributed by atoms with Gasteiger partial charge in [-0.15, -0.1) is 0 Å². The Morgan fingerprint density at radius 3 is 2.83 bits per heavy atom. The van der Waals surface area contributed by atoms with Crippen LogP contribution in [0.1, 0.15) is 33.1 Å². The smallest absolute Gasteiger partial charge is 0.306 e. The van der Waals surface area contributed by atoms with Crippen LogP contribution in [-0.4, -0.2) is 27.1 Å². The van der Waals surface area contributed by atoms with Crippen molar-refractivity contribution in [2.45, 2.75) is 39.2 Å². The molecule has 1 aromatic rings. The Morgan fingerprint density at radius 2 is 2.22 bits per heavy atom. The summed E-state index contributed by atoms with van der Waals surface area (Å²) >= 11 is 0. The second kappa shape index (κ2) is 6.78. The van der Waals surface area contributed by atoms with Crippen molar-refractivity contribution in [3.8, 4) is 0 Å². The molecule has 3 N–H and O–H groups in total. The number of carboxylic acids is 1. The lowest BCUT2D eigenvalue weighted by Crippen LogP contribution is -2.23. The average Bonchev–Trinajstić information content (AvgIpc) is 2.32. The van der Waals surface area contributed by atoms with Crippen LogP contribution in [-0.2, 0) is 4.79 Å². The summed E-state index contributed by atoms with van der Waals surface area (Å²) in [6.07, 6.45) is 5.23. The maximum atomic E-state index is 11.4. The highest BCUT2D eigenvalue weighted by Crippen LogP contribution is 2.11. The normalized spacial score (nSPS) is 13.9. The summed E-state index contributed by atoms with van der Waals surface area (Å²) in [7, 11) is 0. The first-order valence-corrected chi connectivity index (χ1v) is 6.03. The zero-order valence-electron chi connectivity index (χ0n) is 10.6. The van der Waals surface area contributed by atoms with Crippen LogP contribution in [0, 0.1) is 5.92 Å². The van der Waals surface area contributed by atoms with Gasteiger partial charge in [0.15, 0.2) is 5.82 Å². The Morgan fingerprint density at radius 1 is 1.50 bits per heavy atom. The van der Waals surface area contributed by atoms with Crippen molar-refractivity contribution in [3.05, 3.63) is 22.7 Å². The first kappa shape index (κ1) is 14.2. The number of nitrogens with zero attached hydrogens (tertiary/aromatic N) is 1.